The highest BCUT2D eigenvalue weighted by molar-refractivity contribution is 6.31. The number of carbonyl (C=O) groups excluding carboxylic acids is 1. The molecule has 0 bridgehead atoms. The van der Waals surface area contributed by atoms with E-state index in [1.165, 1.54) is 9.58 Å². The number of aromatic nitrogens is 4. The molecule has 1 aliphatic rings. The van der Waals surface area contributed by atoms with Gasteiger partial charge < -0.3 is 9.88 Å². The second-order valence-corrected chi connectivity index (χ2v) is 7.91. The predicted molar refractivity (Wildman–Crippen MR) is 115 cm³/mol. The van der Waals surface area contributed by atoms with Crippen LogP contribution in [0.25, 0.3) is 27.8 Å². The summed E-state index contributed by atoms with van der Waals surface area (Å²) in [5.41, 5.74) is 2.36. The Morgan fingerprint density at radius 2 is 1.97 bits per heavy atom. The van der Waals surface area contributed by atoms with Crippen molar-refractivity contribution in [2.24, 2.45) is 0 Å². The summed E-state index contributed by atoms with van der Waals surface area (Å²) < 4.78 is 14.9. The van der Waals surface area contributed by atoms with Gasteiger partial charge in [0.05, 0.1) is 24.0 Å². The molecule has 4 aromatic rings. The molecule has 1 saturated heterocycles. The number of benzene rings is 2. The number of halogens is 2. The average Bonchev–Trinajstić information content (AvgIpc) is 3.43. The number of H-pyrrole nitrogens is 1. The Hall–Kier alpha value is -3.52. The number of aromatic amines is 1. The van der Waals surface area contributed by atoms with E-state index in [0.717, 1.165) is 5.39 Å². The van der Waals surface area contributed by atoms with E-state index in [-0.39, 0.29) is 18.0 Å². The molecule has 0 saturated carbocycles. The first-order chi connectivity index (χ1) is 15.0. The second-order valence-electron chi connectivity index (χ2n) is 7.48. The SMILES string of the molecule is O=C(c1ccc(-n2cc(-c3cc4cc(Cl)ccc4[nH]c3=O)nn2)cc1)N1CCC(F)C1. The molecule has 1 fully saturated rings. The van der Waals surface area contributed by atoms with Crippen molar-refractivity contribution in [3.8, 4) is 16.9 Å². The zero-order valence-electron chi connectivity index (χ0n) is 16.3. The number of rotatable bonds is 3. The number of pyridine rings is 1. The fraction of sp³-hybridized carbons (Fsp3) is 0.182. The molecule has 7 nitrogen and oxygen atoms in total. The summed E-state index contributed by atoms with van der Waals surface area (Å²) in [7, 11) is 0. The Morgan fingerprint density at radius 1 is 1.16 bits per heavy atom. The van der Waals surface area contributed by atoms with Crippen LogP contribution < -0.4 is 5.56 Å². The minimum absolute atomic E-state index is 0.137. The molecule has 0 aliphatic carbocycles. The van der Waals surface area contributed by atoms with Gasteiger partial charge >= 0.3 is 0 Å². The van der Waals surface area contributed by atoms with E-state index in [1.807, 2.05) is 0 Å². The molecular weight excluding hydrogens is 421 g/mol. The van der Waals surface area contributed by atoms with Crippen LogP contribution in [0.3, 0.4) is 0 Å². The molecule has 9 heteroatoms. The molecular formula is C22H17ClFN5O2. The second kappa shape index (κ2) is 7.63. The van der Waals surface area contributed by atoms with Gasteiger partial charge in [-0.1, -0.05) is 16.8 Å². The van der Waals surface area contributed by atoms with E-state index in [2.05, 4.69) is 15.3 Å². The fourth-order valence-electron chi connectivity index (χ4n) is 3.72. The first kappa shape index (κ1) is 19.4. The number of hydrogen-bond acceptors (Lipinski definition) is 4. The lowest BCUT2D eigenvalue weighted by atomic mass is 10.1. The monoisotopic (exact) mass is 437 g/mol. The molecule has 1 aliphatic heterocycles. The van der Waals surface area contributed by atoms with Gasteiger partial charge in [-0.15, -0.1) is 5.10 Å². The zero-order valence-corrected chi connectivity index (χ0v) is 17.0. The summed E-state index contributed by atoms with van der Waals surface area (Å²) in [4.78, 5) is 29.3. The largest absolute Gasteiger partial charge is 0.336 e. The summed E-state index contributed by atoms with van der Waals surface area (Å²) in [5, 5.41) is 9.59. The lowest BCUT2D eigenvalue weighted by Gasteiger charge is -2.15. The Bertz CT molecular complexity index is 1350. The molecule has 0 spiro atoms. The van der Waals surface area contributed by atoms with Crippen molar-refractivity contribution in [2.45, 2.75) is 12.6 Å². The molecule has 5 rings (SSSR count). The highest BCUT2D eigenvalue weighted by atomic mass is 35.5. The number of nitrogens with zero attached hydrogens (tertiary/aromatic N) is 4. The molecule has 3 heterocycles. The third kappa shape index (κ3) is 3.70. The number of likely N-dealkylation sites (tertiary alicyclic amines) is 1. The standard InChI is InChI=1S/C22H17ClFN5O2/c23-15-3-6-19-14(9-15)10-18(21(30)25-19)20-12-29(27-26-20)17-4-1-13(2-5-17)22(31)28-8-7-16(24)11-28/h1-6,9-10,12,16H,7-8,11H2,(H,25,30). The number of carbonyl (C=O) groups is 1. The summed E-state index contributed by atoms with van der Waals surface area (Å²) >= 11 is 6.05. The van der Waals surface area contributed by atoms with Crippen LogP contribution >= 0.6 is 11.6 Å². The van der Waals surface area contributed by atoms with Crippen molar-refractivity contribution in [2.75, 3.05) is 13.1 Å². The predicted octanol–water partition coefficient (Wildman–Crippen LogP) is 3.61. The van der Waals surface area contributed by atoms with Crippen LogP contribution in [0.15, 0.2) is 59.5 Å². The van der Waals surface area contributed by atoms with Crippen LogP contribution in [-0.4, -0.2) is 50.0 Å². The molecule has 2 aromatic carbocycles. The number of nitrogens with one attached hydrogen (secondary N) is 1. The maximum Gasteiger partial charge on any atom is 0.258 e. The topological polar surface area (TPSA) is 83.9 Å². The molecule has 2 aromatic heterocycles. The van der Waals surface area contributed by atoms with Gasteiger partial charge in [-0.05, 0) is 55.0 Å². The number of hydrogen-bond donors (Lipinski definition) is 1. The van der Waals surface area contributed by atoms with Gasteiger partial charge in [-0.25, -0.2) is 9.07 Å². The zero-order chi connectivity index (χ0) is 21.5. The van der Waals surface area contributed by atoms with E-state index in [9.17, 15) is 14.0 Å². The minimum Gasteiger partial charge on any atom is -0.336 e. The average molecular weight is 438 g/mol. The normalized spacial score (nSPS) is 16.2. The van der Waals surface area contributed by atoms with Crippen LogP contribution in [-0.2, 0) is 0 Å². The first-order valence-corrected chi connectivity index (χ1v) is 10.1. The highest BCUT2D eigenvalue weighted by Crippen LogP contribution is 2.22. The van der Waals surface area contributed by atoms with Crippen LogP contribution in [0, 0.1) is 0 Å². The van der Waals surface area contributed by atoms with Crippen LogP contribution in [0.5, 0.6) is 0 Å². The van der Waals surface area contributed by atoms with Crippen molar-refractivity contribution in [1.82, 2.24) is 24.9 Å². The van der Waals surface area contributed by atoms with Crippen molar-refractivity contribution < 1.29 is 9.18 Å². The van der Waals surface area contributed by atoms with Gasteiger partial charge in [0.2, 0.25) is 0 Å². The van der Waals surface area contributed by atoms with Gasteiger partial charge in [0.15, 0.2) is 0 Å². The minimum atomic E-state index is -0.953. The molecule has 1 amide bonds. The van der Waals surface area contributed by atoms with Gasteiger partial charge in [-0.2, -0.15) is 0 Å². The molecule has 1 N–H and O–H groups in total. The molecule has 1 unspecified atom stereocenters. The molecule has 1 atom stereocenters. The van der Waals surface area contributed by atoms with Gasteiger partial charge in [0.25, 0.3) is 11.5 Å². The summed E-state index contributed by atoms with van der Waals surface area (Å²) in [6.45, 7) is 0.568. The van der Waals surface area contributed by atoms with Crippen molar-refractivity contribution >= 4 is 28.4 Å². The number of amides is 1. The van der Waals surface area contributed by atoms with Crippen molar-refractivity contribution in [3.05, 3.63) is 75.7 Å². The van der Waals surface area contributed by atoms with E-state index < -0.39 is 6.17 Å². The number of fused-ring (bicyclic) bond motifs is 1. The Morgan fingerprint density at radius 3 is 2.71 bits per heavy atom. The number of alkyl halides is 1. The lowest BCUT2D eigenvalue weighted by molar-refractivity contribution is 0.0783. The van der Waals surface area contributed by atoms with Crippen LogP contribution in [0.2, 0.25) is 5.02 Å². The third-order valence-corrected chi connectivity index (χ3v) is 5.61. The maximum absolute atomic E-state index is 13.4. The van der Waals surface area contributed by atoms with Crippen molar-refractivity contribution in [3.63, 3.8) is 0 Å². The fourth-order valence-corrected chi connectivity index (χ4v) is 3.90. The van der Waals surface area contributed by atoms with Gasteiger partial charge in [0.1, 0.15) is 11.9 Å². The molecule has 31 heavy (non-hydrogen) atoms. The van der Waals surface area contributed by atoms with E-state index in [0.29, 0.717) is 46.0 Å². The first-order valence-electron chi connectivity index (χ1n) is 9.77. The van der Waals surface area contributed by atoms with Crippen LogP contribution in [0.1, 0.15) is 16.8 Å². The van der Waals surface area contributed by atoms with E-state index in [4.69, 9.17) is 11.6 Å². The van der Waals surface area contributed by atoms with Gasteiger partial charge in [0, 0.05) is 28.0 Å². The quantitative estimate of drug-likeness (QED) is 0.530. The summed E-state index contributed by atoms with van der Waals surface area (Å²) in [6, 6.07) is 13.8. The highest BCUT2D eigenvalue weighted by Gasteiger charge is 2.26. The van der Waals surface area contributed by atoms with Gasteiger partial charge in [-0.3, -0.25) is 9.59 Å². The van der Waals surface area contributed by atoms with E-state index >= 15 is 0 Å². The third-order valence-electron chi connectivity index (χ3n) is 5.37. The lowest BCUT2D eigenvalue weighted by Crippen LogP contribution is -2.28. The maximum atomic E-state index is 13.4. The Labute approximate surface area is 181 Å². The summed E-state index contributed by atoms with van der Waals surface area (Å²) in [5.74, 6) is -0.188. The van der Waals surface area contributed by atoms with Crippen LogP contribution in [0.4, 0.5) is 4.39 Å². The smallest absolute Gasteiger partial charge is 0.258 e. The molecule has 0 radical (unpaired) electrons. The summed E-state index contributed by atoms with van der Waals surface area (Å²) in [6.07, 6.45) is 1.07. The Kier molecular flexibility index (Phi) is 4.78. The van der Waals surface area contributed by atoms with E-state index in [1.54, 1.807) is 54.7 Å². The Balaban J connectivity index is 1.42. The molecule has 156 valence electrons. The van der Waals surface area contributed by atoms with Crippen molar-refractivity contribution in [1.29, 1.82) is 0 Å².